The van der Waals surface area contributed by atoms with E-state index in [0.29, 0.717) is 0 Å². The predicted molar refractivity (Wildman–Crippen MR) is 86.7 cm³/mol. The van der Waals surface area contributed by atoms with E-state index in [1.807, 2.05) is 6.20 Å². The van der Waals surface area contributed by atoms with Crippen molar-refractivity contribution in [1.29, 1.82) is 0 Å². The van der Waals surface area contributed by atoms with Crippen molar-refractivity contribution < 1.29 is 0 Å². The van der Waals surface area contributed by atoms with E-state index in [2.05, 4.69) is 37.7 Å². The van der Waals surface area contributed by atoms with Crippen molar-refractivity contribution in [3.63, 3.8) is 0 Å². The predicted octanol–water partition coefficient (Wildman–Crippen LogP) is 2.66. The number of unbranched alkanes of at least 4 members (excludes halogenated alkanes) is 3. The maximum atomic E-state index is 4.49. The molecule has 114 valence electrons. The quantitative estimate of drug-likeness (QED) is 0.830. The van der Waals surface area contributed by atoms with E-state index in [-0.39, 0.29) is 0 Å². The Bertz CT molecular complexity index is 557. The Morgan fingerprint density at radius 1 is 1.10 bits per heavy atom. The number of rotatable bonds is 6. The smallest absolute Gasteiger partial charge is 0.142 e. The molecule has 0 unspecified atom stereocenters. The molecule has 0 saturated carbocycles. The number of anilines is 1. The lowest BCUT2D eigenvalue weighted by Gasteiger charge is -2.35. The molecule has 1 aliphatic rings. The van der Waals surface area contributed by atoms with Gasteiger partial charge >= 0.3 is 0 Å². The van der Waals surface area contributed by atoms with Gasteiger partial charge in [-0.3, -0.25) is 4.90 Å². The maximum absolute atomic E-state index is 4.49. The van der Waals surface area contributed by atoms with E-state index >= 15 is 0 Å². The average molecular weight is 287 g/mol. The fourth-order valence-corrected chi connectivity index (χ4v) is 3.06. The van der Waals surface area contributed by atoms with Crippen LogP contribution in [0.25, 0.3) is 11.0 Å². The number of piperazine rings is 1. The van der Waals surface area contributed by atoms with Gasteiger partial charge in [0.2, 0.25) is 0 Å². The molecule has 5 heteroatoms. The van der Waals surface area contributed by atoms with Crippen LogP contribution < -0.4 is 4.90 Å². The summed E-state index contributed by atoms with van der Waals surface area (Å²) in [5.74, 6) is 1.08. The van der Waals surface area contributed by atoms with Gasteiger partial charge in [0, 0.05) is 32.4 Å². The summed E-state index contributed by atoms with van der Waals surface area (Å²) in [6.07, 6.45) is 8.98. The first-order valence-corrected chi connectivity index (χ1v) is 8.14. The molecule has 1 N–H and O–H groups in total. The van der Waals surface area contributed by atoms with Gasteiger partial charge in [0.05, 0.1) is 5.39 Å². The molecular weight excluding hydrogens is 262 g/mol. The molecule has 1 aliphatic heterocycles. The fraction of sp³-hybridized carbons (Fsp3) is 0.625. The van der Waals surface area contributed by atoms with Gasteiger partial charge in [-0.15, -0.1) is 0 Å². The van der Waals surface area contributed by atoms with Crippen molar-refractivity contribution in [3.05, 3.63) is 18.6 Å². The summed E-state index contributed by atoms with van der Waals surface area (Å²) in [6.45, 7) is 7.92. The highest BCUT2D eigenvalue weighted by atomic mass is 15.3. The largest absolute Gasteiger partial charge is 0.353 e. The molecule has 0 radical (unpaired) electrons. The highest BCUT2D eigenvalue weighted by Gasteiger charge is 2.19. The van der Waals surface area contributed by atoms with E-state index < -0.39 is 0 Å². The number of fused-ring (bicyclic) bond motifs is 1. The summed E-state index contributed by atoms with van der Waals surface area (Å²) < 4.78 is 0. The van der Waals surface area contributed by atoms with Gasteiger partial charge in [-0.1, -0.05) is 26.2 Å². The van der Waals surface area contributed by atoms with Crippen molar-refractivity contribution in [2.24, 2.45) is 0 Å². The molecule has 0 atom stereocenters. The SMILES string of the molecule is CCCCCCN1CCN(c2ncnc3[nH]ccc23)CC1. The van der Waals surface area contributed by atoms with Crippen LogP contribution in [0.1, 0.15) is 32.6 Å². The Hall–Kier alpha value is -1.62. The minimum absolute atomic E-state index is 0.932. The molecule has 1 saturated heterocycles. The van der Waals surface area contributed by atoms with Gasteiger partial charge in [-0.25, -0.2) is 9.97 Å². The Morgan fingerprint density at radius 3 is 2.76 bits per heavy atom. The summed E-state index contributed by atoms with van der Waals surface area (Å²) in [5, 5.41) is 1.13. The second-order valence-electron chi connectivity index (χ2n) is 5.83. The minimum atomic E-state index is 0.932. The molecule has 0 aliphatic carbocycles. The number of H-pyrrole nitrogens is 1. The number of nitrogens with one attached hydrogen (secondary N) is 1. The lowest BCUT2D eigenvalue weighted by atomic mass is 10.2. The third-order valence-corrected chi connectivity index (χ3v) is 4.33. The highest BCUT2D eigenvalue weighted by Crippen LogP contribution is 2.22. The summed E-state index contributed by atoms with van der Waals surface area (Å²) >= 11 is 0. The molecule has 0 spiro atoms. The van der Waals surface area contributed by atoms with E-state index in [0.717, 1.165) is 43.0 Å². The maximum Gasteiger partial charge on any atom is 0.142 e. The molecule has 3 heterocycles. The second kappa shape index (κ2) is 6.89. The van der Waals surface area contributed by atoms with Gasteiger partial charge in [-0.05, 0) is 19.0 Å². The van der Waals surface area contributed by atoms with Crippen LogP contribution in [0.5, 0.6) is 0 Å². The zero-order valence-corrected chi connectivity index (χ0v) is 12.9. The Balaban J connectivity index is 1.55. The lowest BCUT2D eigenvalue weighted by molar-refractivity contribution is 0.252. The van der Waals surface area contributed by atoms with E-state index in [4.69, 9.17) is 0 Å². The number of hydrogen-bond donors (Lipinski definition) is 1. The van der Waals surface area contributed by atoms with E-state index in [1.165, 1.54) is 32.2 Å². The normalized spacial score (nSPS) is 16.7. The van der Waals surface area contributed by atoms with Crippen LogP contribution >= 0.6 is 0 Å². The van der Waals surface area contributed by atoms with E-state index in [1.54, 1.807) is 6.33 Å². The molecule has 0 bridgehead atoms. The van der Waals surface area contributed by atoms with Crippen LogP contribution in [-0.2, 0) is 0 Å². The standard InChI is InChI=1S/C16H25N5/c1-2-3-4-5-8-20-9-11-21(12-10-20)16-14-6-7-17-15(14)18-13-19-16/h6-7,13H,2-5,8-12H2,1H3,(H,17,18,19). The zero-order valence-electron chi connectivity index (χ0n) is 12.9. The summed E-state index contributed by atoms with van der Waals surface area (Å²) in [7, 11) is 0. The van der Waals surface area contributed by atoms with Crippen molar-refractivity contribution in [3.8, 4) is 0 Å². The Morgan fingerprint density at radius 2 is 1.95 bits per heavy atom. The number of aromatic nitrogens is 3. The first kappa shape index (κ1) is 14.3. The third kappa shape index (κ3) is 3.35. The Kier molecular flexibility index (Phi) is 4.70. The molecule has 2 aromatic rings. The molecule has 21 heavy (non-hydrogen) atoms. The lowest BCUT2D eigenvalue weighted by Crippen LogP contribution is -2.47. The minimum Gasteiger partial charge on any atom is -0.353 e. The fourth-order valence-electron chi connectivity index (χ4n) is 3.06. The van der Waals surface area contributed by atoms with Crippen molar-refractivity contribution in [1.82, 2.24) is 19.9 Å². The number of aromatic amines is 1. The summed E-state index contributed by atoms with van der Waals surface area (Å²) in [6, 6.07) is 2.07. The highest BCUT2D eigenvalue weighted by molar-refractivity contribution is 5.87. The van der Waals surface area contributed by atoms with Gasteiger partial charge in [-0.2, -0.15) is 0 Å². The number of nitrogens with zero attached hydrogens (tertiary/aromatic N) is 4. The molecule has 0 amide bonds. The van der Waals surface area contributed by atoms with Crippen molar-refractivity contribution >= 4 is 16.9 Å². The van der Waals surface area contributed by atoms with Gasteiger partial charge in [0.25, 0.3) is 0 Å². The molecule has 2 aromatic heterocycles. The number of hydrogen-bond acceptors (Lipinski definition) is 4. The van der Waals surface area contributed by atoms with Crippen LogP contribution in [0, 0.1) is 0 Å². The first-order valence-electron chi connectivity index (χ1n) is 8.14. The molecule has 0 aromatic carbocycles. The summed E-state index contributed by atoms with van der Waals surface area (Å²) in [4.78, 5) is 16.9. The van der Waals surface area contributed by atoms with Crippen molar-refractivity contribution in [2.75, 3.05) is 37.6 Å². The summed E-state index contributed by atoms with van der Waals surface area (Å²) in [5.41, 5.74) is 0.932. The first-order chi connectivity index (χ1) is 10.4. The van der Waals surface area contributed by atoms with Gasteiger partial charge in [0.1, 0.15) is 17.8 Å². The second-order valence-corrected chi connectivity index (χ2v) is 5.83. The van der Waals surface area contributed by atoms with Crippen LogP contribution in [-0.4, -0.2) is 52.6 Å². The zero-order chi connectivity index (χ0) is 14.5. The van der Waals surface area contributed by atoms with Crippen LogP contribution in [0.4, 0.5) is 5.82 Å². The van der Waals surface area contributed by atoms with Crippen LogP contribution in [0.15, 0.2) is 18.6 Å². The molecule has 3 rings (SSSR count). The molecule has 1 fully saturated rings. The van der Waals surface area contributed by atoms with Crippen molar-refractivity contribution in [2.45, 2.75) is 32.6 Å². The molecule has 5 nitrogen and oxygen atoms in total. The average Bonchev–Trinajstić information content (AvgIpc) is 3.01. The topological polar surface area (TPSA) is 48.1 Å². The van der Waals surface area contributed by atoms with Crippen LogP contribution in [0.2, 0.25) is 0 Å². The monoisotopic (exact) mass is 287 g/mol. The third-order valence-electron chi connectivity index (χ3n) is 4.33. The van der Waals surface area contributed by atoms with E-state index in [9.17, 15) is 0 Å². The molecular formula is C16H25N5. The van der Waals surface area contributed by atoms with Gasteiger partial charge < -0.3 is 9.88 Å². The Labute approximate surface area is 126 Å². The van der Waals surface area contributed by atoms with Gasteiger partial charge in [0.15, 0.2) is 0 Å². The van der Waals surface area contributed by atoms with Crippen LogP contribution in [0.3, 0.4) is 0 Å².